The molecule has 2 heterocycles. The van der Waals surface area contributed by atoms with Crippen molar-refractivity contribution in [1.29, 1.82) is 0 Å². The first-order valence-electron chi connectivity index (χ1n) is 8.27. The maximum Gasteiger partial charge on any atom is 0.272 e. The van der Waals surface area contributed by atoms with E-state index in [2.05, 4.69) is 10.1 Å². The molecule has 2 aromatic heterocycles. The van der Waals surface area contributed by atoms with Crippen molar-refractivity contribution in [3.05, 3.63) is 87.2 Å². The van der Waals surface area contributed by atoms with Gasteiger partial charge in [0.1, 0.15) is 5.82 Å². The predicted octanol–water partition coefficient (Wildman–Crippen LogP) is 5.08. The van der Waals surface area contributed by atoms with Crippen LogP contribution < -0.4 is 5.56 Å². The molecule has 0 fully saturated rings. The molecule has 0 unspecified atom stereocenters. The average molecular weight is 400 g/mol. The van der Waals surface area contributed by atoms with Gasteiger partial charge in [-0.15, -0.1) is 11.8 Å². The van der Waals surface area contributed by atoms with Crippen molar-refractivity contribution in [2.24, 2.45) is 0 Å². The minimum atomic E-state index is -0.304. The topological polar surface area (TPSA) is 50.2 Å². The second-order valence-electron chi connectivity index (χ2n) is 6.11. The molecule has 4 rings (SSSR count). The number of aromatic amines is 1. The number of hydrogen-bond donors (Lipinski definition) is 1. The Morgan fingerprint density at radius 3 is 2.56 bits per heavy atom. The van der Waals surface area contributed by atoms with Crippen molar-refractivity contribution >= 4 is 29.0 Å². The van der Waals surface area contributed by atoms with Gasteiger partial charge in [0, 0.05) is 33.0 Å². The summed E-state index contributed by atoms with van der Waals surface area (Å²) >= 11 is 7.49. The first-order chi connectivity index (χ1) is 13.0. The summed E-state index contributed by atoms with van der Waals surface area (Å²) in [6, 6.07) is 15.2. The van der Waals surface area contributed by atoms with Crippen molar-refractivity contribution in [3.8, 4) is 11.1 Å². The van der Waals surface area contributed by atoms with E-state index in [4.69, 9.17) is 11.6 Å². The Balaban J connectivity index is 1.73. The molecule has 0 spiro atoms. The highest BCUT2D eigenvalue weighted by atomic mass is 35.5. The number of thioether (sulfide) groups is 1. The fourth-order valence-corrected chi connectivity index (χ4v) is 3.84. The Morgan fingerprint density at radius 2 is 1.85 bits per heavy atom. The van der Waals surface area contributed by atoms with Crippen LogP contribution in [0.5, 0.6) is 0 Å². The van der Waals surface area contributed by atoms with Crippen LogP contribution in [0.1, 0.15) is 11.4 Å². The molecule has 0 saturated carbocycles. The van der Waals surface area contributed by atoms with Gasteiger partial charge in [0.15, 0.2) is 5.65 Å². The summed E-state index contributed by atoms with van der Waals surface area (Å²) in [6.07, 6.45) is 0. The monoisotopic (exact) mass is 399 g/mol. The van der Waals surface area contributed by atoms with Gasteiger partial charge in [-0.2, -0.15) is 0 Å². The van der Waals surface area contributed by atoms with Crippen LogP contribution in [-0.2, 0) is 5.75 Å². The maximum absolute atomic E-state index is 13.3. The Kier molecular flexibility index (Phi) is 4.76. The zero-order chi connectivity index (χ0) is 19.0. The second-order valence-corrected chi connectivity index (χ2v) is 7.59. The summed E-state index contributed by atoms with van der Waals surface area (Å²) in [5.41, 5.74) is 3.45. The summed E-state index contributed by atoms with van der Waals surface area (Å²) in [6.45, 7) is 1.87. The lowest BCUT2D eigenvalue weighted by Gasteiger charge is -2.04. The third-order valence-electron chi connectivity index (χ3n) is 4.18. The van der Waals surface area contributed by atoms with E-state index in [9.17, 15) is 9.18 Å². The first kappa shape index (κ1) is 17.8. The van der Waals surface area contributed by atoms with Crippen LogP contribution in [0.25, 0.3) is 16.8 Å². The van der Waals surface area contributed by atoms with Crippen LogP contribution in [0.2, 0.25) is 5.02 Å². The molecule has 2 aromatic carbocycles. The Hall–Kier alpha value is -2.57. The number of hydrogen-bond acceptors (Lipinski definition) is 3. The first-order valence-corrected chi connectivity index (χ1v) is 9.63. The van der Waals surface area contributed by atoms with Crippen molar-refractivity contribution in [1.82, 2.24) is 14.6 Å². The van der Waals surface area contributed by atoms with Crippen molar-refractivity contribution in [2.45, 2.75) is 17.6 Å². The molecule has 4 nitrogen and oxygen atoms in total. The van der Waals surface area contributed by atoms with Gasteiger partial charge in [0.2, 0.25) is 0 Å². The molecular formula is C20H15ClFN3OS. The maximum atomic E-state index is 13.3. The lowest BCUT2D eigenvalue weighted by atomic mass is 10.1. The molecule has 0 radical (unpaired) electrons. The van der Waals surface area contributed by atoms with E-state index in [0.29, 0.717) is 22.1 Å². The lowest BCUT2D eigenvalue weighted by molar-refractivity contribution is 0.628. The van der Waals surface area contributed by atoms with Crippen LogP contribution >= 0.6 is 23.4 Å². The summed E-state index contributed by atoms with van der Waals surface area (Å²) in [5, 5.41) is 3.73. The third-order valence-corrected chi connectivity index (χ3v) is 5.48. The molecule has 0 bridgehead atoms. The number of benzene rings is 2. The Bertz CT molecular complexity index is 1170. The molecule has 0 aliphatic heterocycles. The molecular weight excluding hydrogens is 385 g/mol. The van der Waals surface area contributed by atoms with E-state index in [0.717, 1.165) is 21.7 Å². The van der Waals surface area contributed by atoms with E-state index >= 15 is 0 Å². The number of aromatic nitrogens is 3. The molecule has 4 aromatic rings. The highest BCUT2D eigenvalue weighted by molar-refractivity contribution is 7.98. The van der Waals surface area contributed by atoms with Crippen molar-refractivity contribution < 1.29 is 4.39 Å². The van der Waals surface area contributed by atoms with Crippen LogP contribution in [0, 0.1) is 12.7 Å². The van der Waals surface area contributed by atoms with Crippen LogP contribution in [0.15, 0.2) is 64.3 Å². The number of halogens is 2. The summed E-state index contributed by atoms with van der Waals surface area (Å²) in [5.74, 6) is 0.252. The summed E-state index contributed by atoms with van der Waals surface area (Å²) in [7, 11) is 0. The molecule has 27 heavy (non-hydrogen) atoms. The second kappa shape index (κ2) is 7.21. The van der Waals surface area contributed by atoms with E-state index in [1.54, 1.807) is 23.9 Å². The molecule has 0 saturated heterocycles. The Labute approximate surface area is 164 Å². The number of H-pyrrole nitrogens is 1. The minimum Gasteiger partial charge on any atom is -0.293 e. The quantitative estimate of drug-likeness (QED) is 0.487. The molecule has 0 aliphatic rings. The van der Waals surface area contributed by atoms with Gasteiger partial charge in [0.05, 0.1) is 5.69 Å². The minimum absolute atomic E-state index is 0.178. The zero-order valence-corrected chi connectivity index (χ0v) is 15.9. The van der Waals surface area contributed by atoms with E-state index < -0.39 is 0 Å². The van der Waals surface area contributed by atoms with Gasteiger partial charge in [-0.25, -0.2) is 13.9 Å². The highest BCUT2D eigenvalue weighted by Crippen LogP contribution is 2.28. The Morgan fingerprint density at radius 1 is 1.15 bits per heavy atom. The van der Waals surface area contributed by atoms with Crippen LogP contribution in [-0.4, -0.2) is 14.6 Å². The molecule has 136 valence electrons. The number of rotatable bonds is 4. The van der Waals surface area contributed by atoms with Gasteiger partial charge < -0.3 is 0 Å². The number of nitrogens with one attached hydrogen (secondary N) is 1. The van der Waals surface area contributed by atoms with Gasteiger partial charge >= 0.3 is 0 Å². The predicted molar refractivity (Wildman–Crippen MR) is 107 cm³/mol. The smallest absolute Gasteiger partial charge is 0.272 e. The van der Waals surface area contributed by atoms with Gasteiger partial charge in [-0.1, -0.05) is 23.7 Å². The fourth-order valence-electron chi connectivity index (χ4n) is 2.92. The van der Waals surface area contributed by atoms with E-state index in [1.807, 2.05) is 31.2 Å². The van der Waals surface area contributed by atoms with E-state index in [1.165, 1.54) is 22.7 Å². The molecule has 7 heteroatoms. The van der Waals surface area contributed by atoms with E-state index in [-0.39, 0.29) is 11.4 Å². The fraction of sp³-hybridized carbons (Fsp3) is 0.100. The molecule has 0 aliphatic carbocycles. The lowest BCUT2D eigenvalue weighted by Crippen LogP contribution is -2.15. The molecule has 0 amide bonds. The molecule has 0 atom stereocenters. The average Bonchev–Trinajstić information content (AvgIpc) is 2.99. The van der Waals surface area contributed by atoms with Crippen LogP contribution in [0.4, 0.5) is 4.39 Å². The van der Waals surface area contributed by atoms with Gasteiger partial charge in [0.25, 0.3) is 5.56 Å². The SMILES string of the molecule is Cc1[nH]n2c(=O)cc(CSc3ccc(Cl)cc3)nc2c1-c1ccc(F)cc1. The van der Waals surface area contributed by atoms with Crippen LogP contribution in [0.3, 0.4) is 0 Å². The third kappa shape index (κ3) is 3.63. The number of aryl methyl sites for hydroxylation is 1. The summed E-state index contributed by atoms with van der Waals surface area (Å²) < 4.78 is 14.7. The number of fused-ring (bicyclic) bond motifs is 1. The zero-order valence-electron chi connectivity index (χ0n) is 14.4. The summed E-state index contributed by atoms with van der Waals surface area (Å²) in [4.78, 5) is 18.2. The van der Waals surface area contributed by atoms with Gasteiger partial charge in [-0.3, -0.25) is 9.89 Å². The van der Waals surface area contributed by atoms with Crippen molar-refractivity contribution in [3.63, 3.8) is 0 Å². The normalized spacial score (nSPS) is 11.2. The number of nitrogens with zero attached hydrogens (tertiary/aromatic N) is 2. The van der Waals surface area contributed by atoms with Crippen molar-refractivity contribution in [2.75, 3.05) is 0 Å². The molecule has 1 N–H and O–H groups in total. The van der Waals surface area contributed by atoms with Gasteiger partial charge in [-0.05, 0) is 48.9 Å². The standard InChI is InChI=1S/C20H15ClFN3OS/c1-12-19(13-2-6-15(22)7-3-13)20-23-16(10-18(26)25(20)24-12)11-27-17-8-4-14(21)5-9-17/h2-10,24H,11H2,1H3. The largest absolute Gasteiger partial charge is 0.293 e. The highest BCUT2D eigenvalue weighted by Gasteiger charge is 2.15.